The van der Waals surface area contributed by atoms with Crippen molar-refractivity contribution in [1.82, 2.24) is 25.8 Å². The molecule has 1 aliphatic carbocycles. The molecule has 1 saturated carbocycles. The van der Waals surface area contributed by atoms with Gasteiger partial charge in [-0.2, -0.15) is 0 Å². The monoisotopic (exact) mass is 773 g/mol. The van der Waals surface area contributed by atoms with Crippen LogP contribution in [0.5, 0.6) is 0 Å². The summed E-state index contributed by atoms with van der Waals surface area (Å²) >= 11 is 1.41. The van der Waals surface area contributed by atoms with Crippen LogP contribution in [0, 0.1) is 23.7 Å². The zero-order valence-electron chi connectivity index (χ0n) is 33.3. The lowest BCUT2D eigenvalue weighted by Gasteiger charge is -2.33. The van der Waals surface area contributed by atoms with Crippen molar-refractivity contribution >= 4 is 35.0 Å². The Labute approximate surface area is 332 Å². The molecule has 2 aromatic carbocycles. The molecular formula is C44H63N5O5S. The molecule has 1 aromatic heterocycles. The summed E-state index contributed by atoms with van der Waals surface area (Å²) in [6.45, 7) is 7.06. The lowest BCUT2D eigenvalue weighted by molar-refractivity contribution is -0.137. The van der Waals surface area contributed by atoms with Gasteiger partial charge in [-0.3, -0.25) is 19.2 Å². The van der Waals surface area contributed by atoms with Gasteiger partial charge in [0.25, 0.3) is 0 Å². The maximum Gasteiger partial charge on any atom is 0.243 e. The van der Waals surface area contributed by atoms with E-state index in [1.54, 1.807) is 17.5 Å². The second kappa shape index (κ2) is 23.1. The number of thiazole rings is 1. The van der Waals surface area contributed by atoms with Crippen LogP contribution in [0.15, 0.2) is 71.6 Å². The third kappa shape index (κ3) is 14.8. The molecule has 0 saturated heterocycles. The summed E-state index contributed by atoms with van der Waals surface area (Å²) < 4.78 is 0. The Morgan fingerprint density at radius 2 is 1.56 bits per heavy atom. The minimum Gasteiger partial charge on any atom is -0.391 e. The highest BCUT2D eigenvalue weighted by atomic mass is 32.1. The number of rotatable bonds is 22. The van der Waals surface area contributed by atoms with Crippen molar-refractivity contribution in [3.63, 3.8) is 0 Å². The van der Waals surface area contributed by atoms with Crippen LogP contribution < -0.4 is 16.0 Å². The first kappa shape index (κ1) is 43.6. The lowest BCUT2D eigenvalue weighted by atomic mass is 9.81. The van der Waals surface area contributed by atoms with Gasteiger partial charge in [0.2, 0.25) is 23.6 Å². The first-order valence-corrected chi connectivity index (χ1v) is 21.2. The largest absolute Gasteiger partial charge is 0.391 e. The van der Waals surface area contributed by atoms with E-state index in [0.29, 0.717) is 37.5 Å². The molecule has 1 aliphatic rings. The predicted octanol–water partition coefficient (Wildman–Crippen LogP) is 6.47. The highest BCUT2D eigenvalue weighted by Crippen LogP contribution is 2.30. The summed E-state index contributed by atoms with van der Waals surface area (Å²) in [4.78, 5) is 61.6. The van der Waals surface area contributed by atoms with Crippen LogP contribution >= 0.6 is 11.3 Å². The number of aliphatic hydroxyl groups is 1. The van der Waals surface area contributed by atoms with Crippen molar-refractivity contribution in [1.29, 1.82) is 0 Å². The number of benzene rings is 2. The molecule has 4 rings (SSSR count). The smallest absolute Gasteiger partial charge is 0.243 e. The van der Waals surface area contributed by atoms with E-state index < -0.39 is 41.8 Å². The Hall–Kier alpha value is -4.09. The van der Waals surface area contributed by atoms with Crippen molar-refractivity contribution < 1.29 is 24.3 Å². The van der Waals surface area contributed by atoms with Crippen LogP contribution in [-0.4, -0.2) is 70.4 Å². The Kier molecular flexibility index (Phi) is 18.3. The average molecular weight is 774 g/mol. The minimum absolute atomic E-state index is 0.00462. The molecule has 3 aromatic rings. The van der Waals surface area contributed by atoms with E-state index in [1.165, 1.54) is 17.8 Å². The molecule has 4 amide bonds. The van der Waals surface area contributed by atoms with E-state index in [1.807, 2.05) is 79.9 Å². The molecule has 11 heteroatoms. The molecule has 0 aliphatic heterocycles. The first-order chi connectivity index (χ1) is 26.5. The number of carbonyl (C=O) groups is 4. The zero-order chi connectivity index (χ0) is 39.6. The molecule has 55 heavy (non-hydrogen) atoms. The summed E-state index contributed by atoms with van der Waals surface area (Å²) in [5.41, 5.74) is 4.26. The zero-order valence-corrected chi connectivity index (χ0v) is 34.1. The van der Waals surface area contributed by atoms with Gasteiger partial charge in [-0.15, -0.1) is 11.3 Å². The van der Waals surface area contributed by atoms with Gasteiger partial charge in [0.05, 0.1) is 29.3 Å². The van der Waals surface area contributed by atoms with Crippen molar-refractivity contribution in [2.45, 2.75) is 123 Å². The van der Waals surface area contributed by atoms with E-state index in [0.717, 1.165) is 49.7 Å². The van der Waals surface area contributed by atoms with Gasteiger partial charge >= 0.3 is 0 Å². The van der Waals surface area contributed by atoms with Crippen LogP contribution in [0.2, 0.25) is 0 Å². The maximum absolute atomic E-state index is 14.4. The number of nitrogens with one attached hydrogen (secondary N) is 3. The van der Waals surface area contributed by atoms with Crippen LogP contribution in [0.25, 0.3) is 0 Å². The molecule has 4 N–H and O–H groups in total. The molecule has 5 atom stereocenters. The van der Waals surface area contributed by atoms with Gasteiger partial charge < -0.3 is 26.0 Å². The second-order valence-corrected chi connectivity index (χ2v) is 16.4. The topological polar surface area (TPSA) is 141 Å². The Morgan fingerprint density at radius 3 is 2.18 bits per heavy atom. The van der Waals surface area contributed by atoms with Crippen molar-refractivity contribution in [3.05, 3.63) is 88.4 Å². The van der Waals surface area contributed by atoms with Crippen molar-refractivity contribution in [2.24, 2.45) is 23.7 Å². The number of carbonyl (C=O) groups excluding carboxylic acids is 4. The van der Waals surface area contributed by atoms with Gasteiger partial charge in [-0.25, -0.2) is 4.98 Å². The molecule has 1 fully saturated rings. The summed E-state index contributed by atoms with van der Waals surface area (Å²) in [6, 6.07) is 17.7. The lowest BCUT2D eigenvalue weighted by Crippen LogP contribution is -2.55. The van der Waals surface area contributed by atoms with Crippen molar-refractivity contribution in [3.8, 4) is 0 Å². The molecular weight excluding hydrogens is 711 g/mol. The van der Waals surface area contributed by atoms with Gasteiger partial charge in [0.1, 0.15) is 6.04 Å². The third-order valence-corrected chi connectivity index (χ3v) is 11.5. The fourth-order valence-electron chi connectivity index (χ4n) is 7.52. The SMILES string of the molecule is CCCCNC(=O)C(CC(O)C(CC1CCCCC1)NC(=O)[C@H](Cc1cscn1)NC(=O)C(CC(=O)N(C)Cc1ccccc1)Cc1ccccc1)C(C)C. The van der Waals surface area contributed by atoms with E-state index >= 15 is 0 Å². The van der Waals surface area contributed by atoms with Gasteiger partial charge in [-0.05, 0) is 48.6 Å². The van der Waals surface area contributed by atoms with E-state index in [4.69, 9.17) is 0 Å². The Balaban J connectivity index is 1.55. The first-order valence-electron chi connectivity index (χ1n) is 20.3. The van der Waals surface area contributed by atoms with Gasteiger partial charge in [0.15, 0.2) is 0 Å². The van der Waals surface area contributed by atoms with E-state index in [2.05, 4.69) is 27.9 Å². The maximum atomic E-state index is 14.4. The Bertz CT molecular complexity index is 1580. The molecule has 10 nitrogen and oxygen atoms in total. The van der Waals surface area contributed by atoms with Crippen LogP contribution in [0.4, 0.5) is 0 Å². The Morgan fingerprint density at radius 1 is 0.891 bits per heavy atom. The number of unbranched alkanes of at least 4 members (excludes halogenated alkanes) is 1. The summed E-state index contributed by atoms with van der Waals surface area (Å²) in [5.74, 6) is -1.88. The number of hydrogen-bond acceptors (Lipinski definition) is 7. The second-order valence-electron chi connectivity index (χ2n) is 15.7. The van der Waals surface area contributed by atoms with Gasteiger partial charge in [0, 0.05) is 44.3 Å². The number of hydrogen-bond donors (Lipinski definition) is 4. The molecule has 300 valence electrons. The number of aliphatic hydroxyl groups excluding tert-OH is 1. The van der Waals surface area contributed by atoms with Crippen molar-refractivity contribution in [2.75, 3.05) is 13.6 Å². The summed E-state index contributed by atoms with van der Waals surface area (Å²) in [7, 11) is 1.74. The molecule has 4 unspecified atom stereocenters. The van der Waals surface area contributed by atoms with E-state index in [-0.39, 0.29) is 37.0 Å². The summed E-state index contributed by atoms with van der Waals surface area (Å²) in [6.07, 6.45) is 7.59. The third-order valence-electron chi connectivity index (χ3n) is 10.9. The molecule has 1 heterocycles. The number of amides is 4. The highest BCUT2D eigenvalue weighted by molar-refractivity contribution is 7.07. The van der Waals surface area contributed by atoms with Gasteiger partial charge in [-0.1, -0.05) is 120 Å². The number of aromatic nitrogens is 1. The quantitative estimate of drug-likeness (QED) is 0.0864. The molecule has 0 spiro atoms. The molecule has 0 bridgehead atoms. The van der Waals surface area contributed by atoms with Crippen LogP contribution in [0.3, 0.4) is 0 Å². The average Bonchev–Trinajstić information content (AvgIpc) is 3.70. The number of nitrogens with zero attached hydrogens (tertiary/aromatic N) is 2. The van der Waals surface area contributed by atoms with E-state index in [9.17, 15) is 24.3 Å². The summed E-state index contributed by atoms with van der Waals surface area (Å²) in [5, 5.41) is 22.9. The minimum atomic E-state index is -0.996. The fourth-order valence-corrected chi connectivity index (χ4v) is 8.09. The van der Waals surface area contributed by atoms with Crippen LogP contribution in [-0.2, 0) is 38.6 Å². The standard InChI is InChI=1S/C44H63N5O5S/c1-5-6-22-45-43(53)37(31(2)3)27-40(50)38(24-33-18-12-8-13-19-33)47-44(54)39(26-36-29-55-30-46-36)48-42(52)35(23-32-16-10-7-11-17-32)25-41(51)49(4)28-34-20-14-9-15-21-34/h7,9-11,14-17,20-21,29-31,33,35,37-40,50H,5-6,8,12-13,18-19,22-28H2,1-4H3,(H,45,53)(H,47,54)(H,48,52)/t35?,37?,38?,39-,40?/m0/s1. The molecule has 0 radical (unpaired) electrons. The predicted molar refractivity (Wildman–Crippen MR) is 219 cm³/mol. The highest BCUT2D eigenvalue weighted by Gasteiger charge is 2.35. The van der Waals surface area contributed by atoms with Crippen LogP contribution in [0.1, 0.15) is 102 Å². The fraction of sp³-hybridized carbons (Fsp3) is 0.568. The normalized spacial score (nSPS) is 16.0.